The number of nitrogens with zero attached hydrogens (tertiary/aromatic N) is 2. The molecule has 3 rings (SSSR count). The lowest BCUT2D eigenvalue weighted by Crippen LogP contribution is -2.20. The van der Waals surface area contributed by atoms with Crippen molar-refractivity contribution in [1.82, 2.24) is 9.89 Å². The van der Waals surface area contributed by atoms with E-state index in [1.54, 1.807) is 0 Å². The van der Waals surface area contributed by atoms with E-state index in [0.29, 0.717) is 0 Å². The molecule has 0 aromatic carbocycles. The van der Waals surface area contributed by atoms with Gasteiger partial charge in [-0.1, -0.05) is 24.3 Å². The van der Waals surface area contributed by atoms with Crippen LogP contribution in [-0.4, -0.2) is 26.9 Å². The highest BCUT2D eigenvalue weighted by molar-refractivity contribution is 5.85. The van der Waals surface area contributed by atoms with Gasteiger partial charge in [0.15, 0.2) is 5.69 Å². The Morgan fingerprint density at radius 1 is 1.17 bits per heavy atom. The number of carbonyl (C=O) groups is 2. The molecule has 0 aliphatic heterocycles. The summed E-state index contributed by atoms with van der Waals surface area (Å²) in [5, 5.41) is 12.0. The number of fused-ring (bicyclic) bond motifs is 1. The highest BCUT2D eigenvalue weighted by Gasteiger charge is 2.06. The molecule has 92 valence electrons. The molecular weight excluding hydrogens is 234 g/mol. The van der Waals surface area contributed by atoms with Gasteiger partial charge in [0.2, 0.25) is 5.91 Å². The fourth-order valence-corrected chi connectivity index (χ4v) is 1.32. The Labute approximate surface area is 103 Å². The SMILES string of the molecule is CC(=O)Nn1ccc(C(=O)O)n1.c1cc2ccc1-2. The van der Waals surface area contributed by atoms with Crippen LogP contribution in [0.5, 0.6) is 0 Å². The highest BCUT2D eigenvalue weighted by atomic mass is 16.4. The Kier molecular flexibility index (Phi) is 3.09. The zero-order chi connectivity index (χ0) is 13.1. The Bertz CT molecular complexity index is 566. The molecule has 2 aliphatic carbocycles. The lowest BCUT2D eigenvalue weighted by atomic mass is 9.95. The highest BCUT2D eigenvalue weighted by Crippen LogP contribution is 2.29. The summed E-state index contributed by atoms with van der Waals surface area (Å²) in [6.07, 6.45) is 1.35. The van der Waals surface area contributed by atoms with Crippen LogP contribution in [0.25, 0.3) is 11.1 Å². The smallest absolute Gasteiger partial charge is 0.356 e. The number of benzene rings is 1. The van der Waals surface area contributed by atoms with Gasteiger partial charge in [0.25, 0.3) is 0 Å². The monoisotopic (exact) mass is 245 g/mol. The number of rotatable bonds is 2. The molecular formula is C12H11N3O3. The summed E-state index contributed by atoms with van der Waals surface area (Å²) in [5.74, 6) is -1.44. The van der Waals surface area contributed by atoms with E-state index in [0.717, 1.165) is 4.79 Å². The minimum Gasteiger partial charge on any atom is -0.476 e. The molecule has 1 aromatic heterocycles. The molecule has 1 heterocycles. The molecule has 1 aromatic rings. The largest absolute Gasteiger partial charge is 0.476 e. The Hall–Kier alpha value is -2.63. The van der Waals surface area contributed by atoms with Crippen molar-refractivity contribution in [3.05, 3.63) is 42.2 Å². The van der Waals surface area contributed by atoms with Crippen molar-refractivity contribution >= 4 is 11.9 Å². The number of aromatic carboxylic acids is 1. The minimum atomic E-state index is -1.13. The van der Waals surface area contributed by atoms with Crippen LogP contribution in [0.4, 0.5) is 0 Å². The van der Waals surface area contributed by atoms with Gasteiger partial charge in [-0.05, 0) is 17.2 Å². The quantitative estimate of drug-likeness (QED) is 0.713. The second-order valence-corrected chi connectivity index (χ2v) is 3.70. The van der Waals surface area contributed by atoms with Crippen molar-refractivity contribution in [2.45, 2.75) is 6.92 Å². The zero-order valence-corrected chi connectivity index (χ0v) is 9.62. The molecule has 18 heavy (non-hydrogen) atoms. The van der Waals surface area contributed by atoms with Gasteiger partial charge in [-0.2, -0.15) is 4.79 Å². The maximum Gasteiger partial charge on any atom is 0.356 e. The summed E-state index contributed by atoms with van der Waals surface area (Å²) in [6.45, 7) is 1.31. The van der Waals surface area contributed by atoms with E-state index in [1.807, 2.05) is 0 Å². The minimum absolute atomic E-state index is 0.108. The zero-order valence-electron chi connectivity index (χ0n) is 9.62. The first-order valence-corrected chi connectivity index (χ1v) is 5.23. The van der Waals surface area contributed by atoms with E-state index in [1.165, 1.54) is 30.3 Å². The Morgan fingerprint density at radius 3 is 2.00 bits per heavy atom. The molecule has 0 saturated carbocycles. The van der Waals surface area contributed by atoms with Gasteiger partial charge in [0.05, 0.1) is 0 Å². The number of amides is 1. The van der Waals surface area contributed by atoms with Gasteiger partial charge in [-0.3, -0.25) is 4.79 Å². The average molecular weight is 245 g/mol. The van der Waals surface area contributed by atoms with Crippen LogP contribution >= 0.6 is 0 Å². The molecule has 2 N–H and O–H groups in total. The van der Waals surface area contributed by atoms with E-state index in [4.69, 9.17) is 5.11 Å². The van der Waals surface area contributed by atoms with Gasteiger partial charge in [-0.15, -0.1) is 5.10 Å². The second kappa shape index (κ2) is 4.70. The fraction of sp³-hybridized carbons (Fsp3) is 0.0833. The second-order valence-electron chi connectivity index (χ2n) is 3.70. The fourth-order valence-electron chi connectivity index (χ4n) is 1.32. The van der Waals surface area contributed by atoms with Gasteiger partial charge in [0, 0.05) is 13.1 Å². The third-order valence-corrected chi connectivity index (χ3v) is 2.30. The van der Waals surface area contributed by atoms with Crippen molar-refractivity contribution in [3.8, 4) is 11.1 Å². The summed E-state index contributed by atoms with van der Waals surface area (Å²) >= 11 is 0. The molecule has 6 nitrogen and oxygen atoms in total. The summed E-state index contributed by atoms with van der Waals surface area (Å²) in [7, 11) is 0. The maximum atomic E-state index is 10.5. The Morgan fingerprint density at radius 2 is 1.72 bits per heavy atom. The first-order chi connectivity index (χ1) is 8.56. The lowest BCUT2D eigenvalue weighted by Gasteiger charge is -2.10. The molecule has 2 aliphatic rings. The van der Waals surface area contributed by atoms with Gasteiger partial charge >= 0.3 is 5.97 Å². The van der Waals surface area contributed by atoms with Gasteiger partial charge < -0.3 is 5.11 Å². The summed E-state index contributed by atoms with van der Waals surface area (Å²) in [4.78, 5) is 21.8. The van der Waals surface area contributed by atoms with Crippen LogP contribution in [0, 0.1) is 0 Å². The van der Waals surface area contributed by atoms with E-state index < -0.39 is 5.97 Å². The predicted octanol–water partition coefficient (Wildman–Crippen LogP) is 1.34. The Balaban J connectivity index is 0.000000164. The average Bonchev–Trinajstić information content (AvgIpc) is 2.72. The number of carboxylic acids is 1. The van der Waals surface area contributed by atoms with E-state index in [-0.39, 0.29) is 11.6 Å². The third kappa shape index (κ3) is 2.54. The predicted molar refractivity (Wildman–Crippen MR) is 64.7 cm³/mol. The number of nitrogens with one attached hydrogen (secondary N) is 1. The number of carbonyl (C=O) groups excluding carboxylic acids is 1. The molecule has 0 atom stereocenters. The third-order valence-electron chi connectivity index (χ3n) is 2.30. The van der Waals surface area contributed by atoms with E-state index >= 15 is 0 Å². The number of aromatic nitrogens is 2. The van der Waals surface area contributed by atoms with Crippen molar-refractivity contribution in [1.29, 1.82) is 0 Å². The number of carboxylic acid groups (broad SMARTS) is 1. The standard InChI is InChI=1S/C6H7N3O3.C6H4/c1-4(10)7-9-3-2-5(8-9)6(11)12;1-2-6-4-3-5(1)6/h2-3H,1H3,(H,7,10)(H,11,12);1-4H. The van der Waals surface area contributed by atoms with Gasteiger partial charge in [-0.25, -0.2) is 10.2 Å². The number of hydrogen-bond donors (Lipinski definition) is 2. The summed E-state index contributed by atoms with van der Waals surface area (Å²) < 4.78 is 0. The molecule has 0 unspecified atom stereocenters. The van der Waals surface area contributed by atoms with Crippen LogP contribution in [0.2, 0.25) is 0 Å². The van der Waals surface area contributed by atoms with Crippen LogP contribution < -0.4 is 5.43 Å². The van der Waals surface area contributed by atoms with Crippen LogP contribution in [0.3, 0.4) is 0 Å². The van der Waals surface area contributed by atoms with E-state index in [9.17, 15) is 9.59 Å². The molecule has 0 spiro atoms. The normalized spacial score (nSPS) is 10.1. The van der Waals surface area contributed by atoms with Crippen LogP contribution in [0.15, 0.2) is 36.5 Å². The van der Waals surface area contributed by atoms with Crippen molar-refractivity contribution in [2.24, 2.45) is 0 Å². The molecule has 6 heteroatoms. The first kappa shape index (κ1) is 11.8. The summed E-state index contributed by atoms with van der Waals surface area (Å²) in [6, 6.07) is 9.77. The van der Waals surface area contributed by atoms with Gasteiger partial charge in [0.1, 0.15) is 0 Å². The van der Waals surface area contributed by atoms with Crippen molar-refractivity contribution < 1.29 is 14.7 Å². The van der Waals surface area contributed by atoms with Crippen LogP contribution in [-0.2, 0) is 4.79 Å². The van der Waals surface area contributed by atoms with E-state index in [2.05, 4.69) is 34.8 Å². The van der Waals surface area contributed by atoms with Crippen molar-refractivity contribution in [3.63, 3.8) is 0 Å². The first-order valence-electron chi connectivity index (χ1n) is 5.23. The molecule has 1 amide bonds. The maximum absolute atomic E-state index is 10.5. The molecule has 0 radical (unpaired) electrons. The number of hydrogen-bond acceptors (Lipinski definition) is 3. The molecule has 0 bridgehead atoms. The van der Waals surface area contributed by atoms with Crippen molar-refractivity contribution in [2.75, 3.05) is 5.43 Å². The molecule has 0 saturated heterocycles. The molecule has 0 fully saturated rings. The lowest BCUT2D eigenvalue weighted by molar-refractivity contribution is -0.115. The van der Waals surface area contributed by atoms with Crippen LogP contribution in [0.1, 0.15) is 17.4 Å². The topological polar surface area (TPSA) is 84.2 Å². The summed E-state index contributed by atoms with van der Waals surface area (Å²) in [5.41, 5.74) is 5.03.